The summed E-state index contributed by atoms with van der Waals surface area (Å²) in [6.07, 6.45) is 1.73. The Hall–Kier alpha value is -4.37. The topological polar surface area (TPSA) is 101 Å². The van der Waals surface area contributed by atoms with E-state index < -0.39 is 0 Å². The monoisotopic (exact) mass is 498 g/mol. The highest BCUT2D eigenvalue weighted by atomic mass is 32.1. The van der Waals surface area contributed by atoms with Crippen molar-refractivity contribution in [1.29, 1.82) is 0 Å². The second-order valence-electron chi connectivity index (χ2n) is 8.28. The normalized spacial score (nSPS) is 12.6. The van der Waals surface area contributed by atoms with Gasteiger partial charge in [0.2, 0.25) is 5.91 Å². The number of fused-ring (bicyclic) bond motifs is 1. The largest absolute Gasteiger partial charge is 0.482 e. The predicted octanol–water partition coefficient (Wildman–Crippen LogP) is 4.75. The van der Waals surface area contributed by atoms with Crippen molar-refractivity contribution in [2.45, 2.75) is 13.8 Å². The first kappa shape index (κ1) is 23.4. The van der Waals surface area contributed by atoms with E-state index in [4.69, 9.17) is 9.72 Å². The molecule has 0 radical (unpaired) electrons. The van der Waals surface area contributed by atoms with Gasteiger partial charge in [0.25, 0.3) is 5.91 Å². The van der Waals surface area contributed by atoms with Crippen LogP contribution >= 0.6 is 11.3 Å². The van der Waals surface area contributed by atoms with E-state index in [1.54, 1.807) is 47.9 Å². The maximum absolute atomic E-state index is 12.8. The number of benzene rings is 2. The van der Waals surface area contributed by atoms with Gasteiger partial charge in [-0.3, -0.25) is 24.3 Å². The Morgan fingerprint density at radius 2 is 1.97 bits per heavy atom. The first-order chi connectivity index (χ1) is 17.4. The van der Waals surface area contributed by atoms with Crippen molar-refractivity contribution < 1.29 is 19.1 Å². The number of ketones is 1. The fraction of sp³-hybridized carbons (Fsp3) is 0.148. The first-order valence-electron chi connectivity index (χ1n) is 11.3. The highest BCUT2D eigenvalue weighted by Gasteiger charge is 2.28. The highest BCUT2D eigenvalue weighted by molar-refractivity contribution is 7.15. The number of aryl methyl sites for hydroxylation is 1. The third-order valence-electron chi connectivity index (χ3n) is 5.71. The summed E-state index contributed by atoms with van der Waals surface area (Å²) in [6.45, 7) is 3.10. The van der Waals surface area contributed by atoms with E-state index in [1.807, 2.05) is 37.3 Å². The van der Waals surface area contributed by atoms with Crippen LogP contribution in [-0.4, -0.2) is 40.7 Å². The van der Waals surface area contributed by atoms with Gasteiger partial charge in [-0.15, -0.1) is 11.3 Å². The molecule has 2 aromatic carbocycles. The van der Waals surface area contributed by atoms with Crippen LogP contribution in [0.25, 0.3) is 22.0 Å². The molecule has 1 aliphatic rings. The summed E-state index contributed by atoms with van der Waals surface area (Å²) < 4.78 is 5.62. The zero-order chi connectivity index (χ0) is 25.2. The maximum atomic E-state index is 12.8. The third kappa shape index (κ3) is 4.73. The lowest BCUT2D eigenvalue weighted by Gasteiger charge is -2.29. The number of pyridine rings is 1. The summed E-state index contributed by atoms with van der Waals surface area (Å²) in [4.78, 5) is 48.8. The molecule has 9 heteroatoms. The van der Waals surface area contributed by atoms with Gasteiger partial charge >= 0.3 is 0 Å². The minimum absolute atomic E-state index is 0.0977. The summed E-state index contributed by atoms with van der Waals surface area (Å²) >= 11 is 1.54. The summed E-state index contributed by atoms with van der Waals surface area (Å²) in [5.74, 6) is -0.289. The molecule has 3 heterocycles. The number of hydrogen-bond acceptors (Lipinski definition) is 7. The number of nitrogens with zero attached hydrogens (tertiary/aromatic N) is 3. The zero-order valence-corrected chi connectivity index (χ0v) is 20.5. The number of hydrogen-bond donors (Lipinski definition) is 1. The Balaban J connectivity index is 1.41. The van der Waals surface area contributed by atoms with Gasteiger partial charge in [0.15, 0.2) is 12.4 Å². The summed E-state index contributed by atoms with van der Waals surface area (Å²) in [5, 5.41) is 3.57. The second-order valence-corrected chi connectivity index (χ2v) is 9.48. The van der Waals surface area contributed by atoms with Crippen molar-refractivity contribution in [1.82, 2.24) is 9.97 Å². The molecule has 2 aromatic heterocycles. The molecule has 1 N–H and O–H groups in total. The van der Waals surface area contributed by atoms with Crippen LogP contribution in [0.15, 0.2) is 66.9 Å². The fourth-order valence-electron chi connectivity index (χ4n) is 3.95. The van der Waals surface area contributed by atoms with Gasteiger partial charge in [0.1, 0.15) is 17.3 Å². The van der Waals surface area contributed by atoms with E-state index in [0.717, 1.165) is 26.8 Å². The number of aromatic nitrogens is 2. The molecule has 180 valence electrons. The molecule has 0 atom stereocenters. The van der Waals surface area contributed by atoms with Crippen molar-refractivity contribution in [3.8, 4) is 27.7 Å². The summed E-state index contributed by atoms with van der Waals surface area (Å²) in [6, 6.07) is 17.9. The molecule has 36 heavy (non-hydrogen) atoms. The van der Waals surface area contributed by atoms with Gasteiger partial charge in [0, 0.05) is 27.9 Å². The van der Waals surface area contributed by atoms with Gasteiger partial charge in [-0.05, 0) is 56.3 Å². The number of ether oxygens (including phenoxy) is 1. The Bertz CT molecular complexity index is 1480. The fourth-order valence-corrected chi connectivity index (χ4v) is 4.86. The van der Waals surface area contributed by atoms with Crippen LogP contribution in [0.5, 0.6) is 5.75 Å². The average molecular weight is 499 g/mol. The summed E-state index contributed by atoms with van der Waals surface area (Å²) in [5.41, 5.74) is 3.87. The minimum atomic E-state index is -0.385. The lowest BCUT2D eigenvalue weighted by atomic mass is 10.1. The number of nitrogens with one attached hydrogen (secondary N) is 1. The van der Waals surface area contributed by atoms with Crippen molar-refractivity contribution >= 4 is 40.3 Å². The molecule has 0 bridgehead atoms. The summed E-state index contributed by atoms with van der Waals surface area (Å²) in [7, 11) is 0. The predicted molar refractivity (Wildman–Crippen MR) is 138 cm³/mol. The average Bonchev–Trinajstić information content (AvgIpc) is 3.27. The van der Waals surface area contributed by atoms with Gasteiger partial charge in [-0.25, -0.2) is 4.98 Å². The van der Waals surface area contributed by atoms with E-state index in [-0.39, 0.29) is 30.7 Å². The number of carbonyl (C=O) groups is 3. The lowest BCUT2D eigenvalue weighted by Crippen LogP contribution is -2.43. The standard InChI is InChI=1S/C27H22N4O4S/c1-16(32)18-6-5-7-20(12-18)29-24(33)14-31-22-13-19(9-10-23(22)35-15-25(31)34)26-17(2)36-27(30-26)21-8-3-4-11-28-21/h3-13H,14-15H2,1-2H3,(H,29,33). The molecule has 0 saturated carbocycles. The number of rotatable bonds is 6. The van der Waals surface area contributed by atoms with Crippen molar-refractivity contribution in [3.05, 3.63) is 77.3 Å². The SMILES string of the molecule is CC(=O)c1cccc(NC(=O)CN2C(=O)COc3ccc(-c4nc(-c5ccccn5)sc4C)cc32)c1. The Morgan fingerprint density at radius 1 is 1.11 bits per heavy atom. The van der Waals surface area contributed by atoms with Gasteiger partial charge in [-0.1, -0.05) is 18.2 Å². The van der Waals surface area contributed by atoms with E-state index in [9.17, 15) is 14.4 Å². The molecule has 5 rings (SSSR count). The molecule has 0 fully saturated rings. The molecular formula is C27H22N4O4S. The molecule has 0 spiro atoms. The number of thiazole rings is 1. The first-order valence-corrected chi connectivity index (χ1v) is 12.1. The van der Waals surface area contributed by atoms with Gasteiger partial charge in [-0.2, -0.15) is 0 Å². The molecule has 0 saturated heterocycles. The van der Waals surface area contributed by atoms with Crippen molar-refractivity contribution in [2.75, 3.05) is 23.4 Å². The van der Waals surface area contributed by atoms with Gasteiger partial charge in [0.05, 0.1) is 17.1 Å². The van der Waals surface area contributed by atoms with Gasteiger partial charge < -0.3 is 10.1 Å². The minimum Gasteiger partial charge on any atom is -0.482 e. The van der Waals surface area contributed by atoms with E-state index in [0.29, 0.717) is 22.7 Å². The molecule has 2 amide bonds. The smallest absolute Gasteiger partial charge is 0.265 e. The maximum Gasteiger partial charge on any atom is 0.265 e. The van der Waals surface area contributed by atoms with Crippen LogP contribution in [0.1, 0.15) is 22.2 Å². The Labute approximate surface area is 211 Å². The number of Topliss-reactive ketones (excluding diaryl/α,β-unsaturated/α-hetero) is 1. The molecular weight excluding hydrogens is 476 g/mol. The van der Waals surface area contributed by atoms with Crippen LogP contribution in [-0.2, 0) is 9.59 Å². The number of carbonyl (C=O) groups excluding carboxylic acids is 3. The Kier molecular flexibility index (Phi) is 6.30. The van der Waals surface area contributed by atoms with E-state index >= 15 is 0 Å². The van der Waals surface area contributed by atoms with Crippen molar-refractivity contribution in [3.63, 3.8) is 0 Å². The molecule has 0 aliphatic carbocycles. The van der Waals surface area contributed by atoms with Crippen LogP contribution in [0.2, 0.25) is 0 Å². The van der Waals surface area contributed by atoms with E-state index in [1.165, 1.54) is 11.8 Å². The number of amides is 2. The van der Waals surface area contributed by atoms with Crippen LogP contribution in [0.3, 0.4) is 0 Å². The zero-order valence-electron chi connectivity index (χ0n) is 19.6. The molecule has 1 aliphatic heterocycles. The number of anilines is 2. The third-order valence-corrected chi connectivity index (χ3v) is 6.70. The van der Waals surface area contributed by atoms with Crippen LogP contribution in [0.4, 0.5) is 11.4 Å². The van der Waals surface area contributed by atoms with Crippen LogP contribution < -0.4 is 15.0 Å². The van der Waals surface area contributed by atoms with E-state index in [2.05, 4.69) is 10.3 Å². The lowest BCUT2D eigenvalue weighted by molar-refractivity contribution is -0.123. The molecule has 0 unspecified atom stereocenters. The van der Waals surface area contributed by atoms with Crippen LogP contribution in [0, 0.1) is 6.92 Å². The molecule has 8 nitrogen and oxygen atoms in total. The highest BCUT2D eigenvalue weighted by Crippen LogP contribution is 2.39. The Morgan fingerprint density at radius 3 is 2.75 bits per heavy atom. The quantitative estimate of drug-likeness (QED) is 0.385. The molecule has 4 aromatic rings. The van der Waals surface area contributed by atoms with Crippen molar-refractivity contribution in [2.24, 2.45) is 0 Å². The second kappa shape index (κ2) is 9.71.